The minimum Gasteiger partial charge on any atom is -0.488 e. The number of urea groups is 1. The highest BCUT2D eigenvalue weighted by Gasteiger charge is 2.39. The zero-order valence-electron chi connectivity index (χ0n) is 20.6. The lowest BCUT2D eigenvalue weighted by Gasteiger charge is -2.29. The second-order valence-corrected chi connectivity index (χ2v) is 10.1. The van der Waals surface area contributed by atoms with Gasteiger partial charge in [-0.3, -0.25) is 19.7 Å². The van der Waals surface area contributed by atoms with Gasteiger partial charge in [0.1, 0.15) is 17.4 Å². The molecule has 1 saturated heterocycles. The van der Waals surface area contributed by atoms with E-state index in [9.17, 15) is 24.3 Å². The maximum Gasteiger partial charge on any atom is 0.319 e. The summed E-state index contributed by atoms with van der Waals surface area (Å²) >= 11 is 6.19. The summed E-state index contributed by atoms with van der Waals surface area (Å²) in [7, 11) is 0. The highest BCUT2D eigenvalue weighted by Crippen LogP contribution is 2.29. The zero-order valence-corrected chi connectivity index (χ0v) is 21.4. The van der Waals surface area contributed by atoms with Gasteiger partial charge in [-0.1, -0.05) is 23.7 Å². The van der Waals surface area contributed by atoms with Gasteiger partial charge in [-0.05, 0) is 49.6 Å². The molecule has 0 aliphatic carbocycles. The van der Waals surface area contributed by atoms with Crippen molar-refractivity contribution in [3.63, 3.8) is 0 Å². The maximum atomic E-state index is 12.8. The fraction of sp³-hybridized carbons (Fsp3) is 0.385. The Morgan fingerprint density at radius 1 is 1.22 bits per heavy atom. The SMILES string of the molecule is CC(C)(CCO)Oc1cc(Cl)cc(NC(=O)NCc2ccc3c(c2)CN(C2CCC(=O)NC2=O)C3=O)c1. The molecule has 2 aliphatic heterocycles. The molecule has 196 valence electrons. The number of imide groups is 1. The number of piperidine rings is 1. The summed E-state index contributed by atoms with van der Waals surface area (Å²) in [6.07, 6.45) is 0.927. The highest BCUT2D eigenvalue weighted by molar-refractivity contribution is 6.31. The molecule has 4 N–H and O–H groups in total. The smallest absolute Gasteiger partial charge is 0.319 e. The van der Waals surface area contributed by atoms with Crippen molar-refractivity contribution in [1.82, 2.24) is 15.5 Å². The number of halogens is 1. The Kier molecular flexibility index (Phi) is 7.70. The first-order chi connectivity index (χ1) is 17.5. The number of ether oxygens (including phenoxy) is 1. The number of nitrogens with zero attached hydrogens (tertiary/aromatic N) is 1. The zero-order chi connectivity index (χ0) is 26.7. The van der Waals surface area contributed by atoms with E-state index < -0.39 is 23.6 Å². The molecule has 37 heavy (non-hydrogen) atoms. The molecule has 4 rings (SSSR count). The summed E-state index contributed by atoms with van der Waals surface area (Å²) in [5.41, 5.74) is 1.89. The normalized spacial score (nSPS) is 17.4. The number of anilines is 1. The van der Waals surface area contributed by atoms with E-state index >= 15 is 0 Å². The van der Waals surface area contributed by atoms with Crippen LogP contribution in [0.4, 0.5) is 10.5 Å². The van der Waals surface area contributed by atoms with Gasteiger partial charge in [0.15, 0.2) is 0 Å². The van der Waals surface area contributed by atoms with Crippen LogP contribution in [0.1, 0.15) is 54.6 Å². The van der Waals surface area contributed by atoms with Crippen LogP contribution in [0.5, 0.6) is 5.75 Å². The number of aliphatic hydroxyl groups excluding tert-OH is 1. The molecule has 5 amide bonds. The Labute approximate surface area is 219 Å². The van der Waals surface area contributed by atoms with Gasteiger partial charge in [0.25, 0.3) is 5.91 Å². The van der Waals surface area contributed by atoms with E-state index in [0.29, 0.717) is 34.9 Å². The van der Waals surface area contributed by atoms with Crippen LogP contribution in [0.2, 0.25) is 5.02 Å². The van der Waals surface area contributed by atoms with Crippen molar-refractivity contribution in [1.29, 1.82) is 0 Å². The molecule has 1 unspecified atom stereocenters. The Balaban J connectivity index is 1.36. The van der Waals surface area contributed by atoms with Gasteiger partial charge < -0.3 is 25.4 Å². The van der Waals surface area contributed by atoms with E-state index in [1.165, 1.54) is 4.90 Å². The Bertz CT molecular complexity index is 1250. The summed E-state index contributed by atoms with van der Waals surface area (Å²) in [6, 6.07) is 9.01. The number of nitrogens with one attached hydrogen (secondary N) is 3. The molecular weight excluding hydrogens is 500 g/mol. The molecule has 0 bridgehead atoms. The molecule has 1 fully saturated rings. The first kappa shape index (κ1) is 26.4. The fourth-order valence-corrected chi connectivity index (χ4v) is 4.65. The van der Waals surface area contributed by atoms with Crippen LogP contribution in [-0.4, -0.2) is 52.0 Å². The third kappa shape index (κ3) is 6.39. The third-order valence-electron chi connectivity index (χ3n) is 6.28. The van der Waals surface area contributed by atoms with Gasteiger partial charge in [0.2, 0.25) is 11.8 Å². The van der Waals surface area contributed by atoms with Crippen LogP contribution in [0, 0.1) is 0 Å². The molecule has 11 heteroatoms. The largest absolute Gasteiger partial charge is 0.488 e. The number of amides is 5. The van der Waals surface area contributed by atoms with Crippen molar-refractivity contribution >= 4 is 41.0 Å². The van der Waals surface area contributed by atoms with Gasteiger partial charge in [0, 0.05) is 54.9 Å². The highest BCUT2D eigenvalue weighted by atomic mass is 35.5. The summed E-state index contributed by atoms with van der Waals surface area (Å²) in [4.78, 5) is 50.5. The lowest BCUT2D eigenvalue weighted by Crippen LogP contribution is -2.52. The number of carbonyl (C=O) groups excluding carboxylic acids is 4. The van der Waals surface area contributed by atoms with Crippen LogP contribution < -0.4 is 20.7 Å². The average Bonchev–Trinajstić information content (AvgIpc) is 3.12. The van der Waals surface area contributed by atoms with E-state index in [0.717, 1.165) is 11.1 Å². The number of carbonyl (C=O) groups is 4. The summed E-state index contributed by atoms with van der Waals surface area (Å²) in [6.45, 7) is 4.14. The third-order valence-corrected chi connectivity index (χ3v) is 6.50. The van der Waals surface area contributed by atoms with Gasteiger partial charge in [-0.2, -0.15) is 0 Å². The van der Waals surface area contributed by atoms with E-state index in [2.05, 4.69) is 16.0 Å². The molecule has 2 aromatic rings. The second kappa shape index (κ2) is 10.8. The first-order valence-corrected chi connectivity index (χ1v) is 12.3. The van der Waals surface area contributed by atoms with Crippen LogP contribution in [0.3, 0.4) is 0 Å². The lowest BCUT2D eigenvalue weighted by molar-refractivity contribution is -0.136. The number of benzene rings is 2. The molecule has 0 spiro atoms. The Morgan fingerprint density at radius 2 is 2.00 bits per heavy atom. The van der Waals surface area contributed by atoms with Crippen molar-refractivity contribution in [3.05, 3.63) is 58.1 Å². The predicted molar refractivity (Wildman–Crippen MR) is 136 cm³/mol. The number of hydrogen-bond donors (Lipinski definition) is 4. The summed E-state index contributed by atoms with van der Waals surface area (Å²) < 4.78 is 5.90. The number of aliphatic hydroxyl groups is 1. The van der Waals surface area contributed by atoms with E-state index in [-0.39, 0.29) is 37.9 Å². The quantitative estimate of drug-likeness (QED) is 0.389. The van der Waals surface area contributed by atoms with Gasteiger partial charge in [-0.15, -0.1) is 0 Å². The standard InChI is InChI=1S/C26H29ClN4O6/c1-26(2,7-8-32)37-19-11-17(27)10-18(12-19)29-25(36)28-13-15-3-4-20-16(9-15)14-31(24(20)35)21-5-6-22(33)30-23(21)34/h3-4,9-12,21,32H,5-8,13-14H2,1-2H3,(H2,28,29,36)(H,30,33,34). The van der Waals surface area contributed by atoms with Crippen molar-refractivity contribution < 1.29 is 29.0 Å². The molecule has 2 heterocycles. The van der Waals surface area contributed by atoms with E-state index in [1.807, 2.05) is 19.9 Å². The number of fused-ring (bicyclic) bond motifs is 1. The molecule has 1 atom stereocenters. The molecule has 10 nitrogen and oxygen atoms in total. The van der Waals surface area contributed by atoms with Crippen LogP contribution in [-0.2, 0) is 22.7 Å². The number of hydrogen-bond acceptors (Lipinski definition) is 6. The minimum atomic E-state index is -0.675. The van der Waals surface area contributed by atoms with E-state index in [1.54, 1.807) is 30.3 Å². The Hall–Kier alpha value is -3.63. The molecule has 0 radical (unpaired) electrons. The van der Waals surface area contributed by atoms with E-state index in [4.69, 9.17) is 16.3 Å². The monoisotopic (exact) mass is 528 g/mol. The molecule has 2 aromatic carbocycles. The predicted octanol–water partition coefficient (Wildman–Crippen LogP) is 2.96. The average molecular weight is 529 g/mol. The topological polar surface area (TPSA) is 137 Å². The Morgan fingerprint density at radius 3 is 2.73 bits per heavy atom. The molecule has 2 aliphatic rings. The molecular formula is C26H29ClN4O6. The van der Waals surface area contributed by atoms with Crippen LogP contribution >= 0.6 is 11.6 Å². The number of rotatable bonds is 8. The second-order valence-electron chi connectivity index (χ2n) is 9.71. The van der Waals surface area contributed by atoms with Gasteiger partial charge in [0.05, 0.1) is 0 Å². The van der Waals surface area contributed by atoms with Gasteiger partial charge in [-0.25, -0.2) is 4.79 Å². The van der Waals surface area contributed by atoms with Crippen molar-refractivity contribution in [2.45, 2.75) is 57.8 Å². The van der Waals surface area contributed by atoms with Crippen molar-refractivity contribution in [3.8, 4) is 5.75 Å². The molecule has 0 aromatic heterocycles. The van der Waals surface area contributed by atoms with Crippen LogP contribution in [0.15, 0.2) is 36.4 Å². The van der Waals surface area contributed by atoms with Crippen LogP contribution in [0.25, 0.3) is 0 Å². The fourth-order valence-electron chi connectivity index (χ4n) is 4.43. The maximum absolute atomic E-state index is 12.8. The first-order valence-electron chi connectivity index (χ1n) is 12.0. The summed E-state index contributed by atoms with van der Waals surface area (Å²) in [5, 5.41) is 17.4. The van der Waals surface area contributed by atoms with Crippen molar-refractivity contribution in [2.24, 2.45) is 0 Å². The molecule has 0 saturated carbocycles. The lowest BCUT2D eigenvalue weighted by atomic mass is 10.0. The van der Waals surface area contributed by atoms with Gasteiger partial charge >= 0.3 is 6.03 Å². The minimum absolute atomic E-state index is 0.0209. The van der Waals surface area contributed by atoms with Crippen molar-refractivity contribution in [2.75, 3.05) is 11.9 Å². The summed E-state index contributed by atoms with van der Waals surface area (Å²) in [5.74, 6) is -0.570.